The van der Waals surface area contributed by atoms with Gasteiger partial charge < -0.3 is 19.5 Å². The fraction of sp³-hybridized carbons (Fsp3) is 0.412. The first-order valence-electron chi connectivity index (χ1n) is 7.47. The van der Waals surface area contributed by atoms with E-state index in [1.165, 1.54) is 4.90 Å². The Labute approximate surface area is 135 Å². The van der Waals surface area contributed by atoms with Gasteiger partial charge in [-0.25, -0.2) is 4.79 Å². The lowest BCUT2D eigenvalue weighted by Crippen LogP contribution is -2.52. The average molecular weight is 319 g/mol. The van der Waals surface area contributed by atoms with E-state index in [0.717, 1.165) is 5.57 Å². The van der Waals surface area contributed by atoms with Gasteiger partial charge in [-0.1, -0.05) is 11.6 Å². The number of amides is 1. The van der Waals surface area contributed by atoms with Crippen LogP contribution in [0, 0.1) is 0 Å². The molecule has 0 aliphatic carbocycles. The lowest BCUT2D eigenvalue weighted by Gasteiger charge is -2.32. The third-order valence-electron chi connectivity index (χ3n) is 3.50. The zero-order valence-corrected chi connectivity index (χ0v) is 13.3. The second-order valence-corrected chi connectivity index (χ2v) is 5.55. The topological polar surface area (TPSA) is 76.1 Å². The van der Waals surface area contributed by atoms with E-state index >= 15 is 0 Å². The van der Waals surface area contributed by atoms with Crippen LogP contribution in [0.25, 0.3) is 0 Å². The van der Waals surface area contributed by atoms with Crippen molar-refractivity contribution < 1.29 is 24.2 Å². The van der Waals surface area contributed by atoms with Crippen LogP contribution in [-0.2, 0) is 9.53 Å². The van der Waals surface area contributed by atoms with Crippen molar-refractivity contribution in [3.63, 3.8) is 0 Å². The maximum Gasteiger partial charge on any atom is 0.328 e. The van der Waals surface area contributed by atoms with Crippen molar-refractivity contribution >= 4 is 11.9 Å². The van der Waals surface area contributed by atoms with Gasteiger partial charge in [-0.3, -0.25) is 4.79 Å². The average Bonchev–Trinajstić information content (AvgIpc) is 2.54. The number of carboxylic acids is 1. The maximum absolute atomic E-state index is 12.6. The van der Waals surface area contributed by atoms with Crippen molar-refractivity contribution in [2.75, 3.05) is 26.4 Å². The molecule has 0 aromatic heterocycles. The quantitative estimate of drug-likeness (QED) is 0.840. The highest BCUT2D eigenvalue weighted by Gasteiger charge is 2.33. The molecule has 1 unspecified atom stereocenters. The number of rotatable bonds is 5. The van der Waals surface area contributed by atoms with Crippen LogP contribution in [0.3, 0.4) is 0 Å². The molecule has 1 aromatic rings. The molecule has 0 saturated carbocycles. The fourth-order valence-corrected chi connectivity index (χ4v) is 2.24. The molecule has 6 heteroatoms. The van der Waals surface area contributed by atoms with Crippen molar-refractivity contribution in [1.29, 1.82) is 0 Å². The molecule has 124 valence electrons. The molecule has 1 saturated heterocycles. The highest BCUT2D eigenvalue weighted by molar-refractivity contribution is 5.97. The van der Waals surface area contributed by atoms with Crippen LogP contribution in [0.4, 0.5) is 0 Å². The van der Waals surface area contributed by atoms with Crippen molar-refractivity contribution in [3.05, 3.63) is 41.5 Å². The van der Waals surface area contributed by atoms with E-state index < -0.39 is 12.0 Å². The lowest BCUT2D eigenvalue weighted by atomic mass is 10.1. The van der Waals surface area contributed by atoms with Gasteiger partial charge in [0.15, 0.2) is 6.04 Å². The number of nitrogens with zero attached hydrogens (tertiary/aromatic N) is 1. The summed E-state index contributed by atoms with van der Waals surface area (Å²) in [7, 11) is 0. The van der Waals surface area contributed by atoms with Gasteiger partial charge in [0, 0.05) is 12.1 Å². The number of carboxylic acid groups (broad SMARTS) is 1. The van der Waals surface area contributed by atoms with E-state index in [9.17, 15) is 14.7 Å². The van der Waals surface area contributed by atoms with Crippen LogP contribution in [0.2, 0.25) is 0 Å². The molecule has 2 rings (SSSR count). The number of hydrogen-bond donors (Lipinski definition) is 1. The maximum atomic E-state index is 12.6. The zero-order valence-electron chi connectivity index (χ0n) is 13.3. The molecule has 1 aliphatic rings. The molecule has 1 atom stereocenters. The Hall–Kier alpha value is -2.34. The number of allylic oxidation sites excluding steroid dienone is 1. The van der Waals surface area contributed by atoms with Crippen LogP contribution in [0.1, 0.15) is 24.2 Å². The van der Waals surface area contributed by atoms with Crippen molar-refractivity contribution in [2.24, 2.45) is 0 Å². The Balaban J connectivity index is 2.12. The first-order valence-corrected chi connectivity index (χ1v) is 7.47. The Morgan fingerprint density at radius 3 is 2.91 bits per heavy atom. The van der Waals surface area contributed by atoms with Crippen molar-refractivity contribution in [1.82, 2.24) is 4.90 Å². The molecular weight excluding hydrogens is 298 g/mol. The number of carbonyl (C=O) groups excluding carboxylic acids is 1. The molecule has 6 nitrogen and oxygen atoms in total. The molecule has 0 bridgehead atoms. The SMILES string of the molecule is CC(C)=CCOc1cccc(C(=O)N2CCOCC2C(=O)O)c1. The second kappa shape index (κ2) is 7.78. The number of aliphatic carboxylic acids is 1. The van der Waals surface area contributed by atoms with Gasteiger partial charge in [0.1, 0.15) is 12.4 Å². The molecule has 0 spiro atoms. The number of benzene rings is 1. The van der Waals surface area contributed by atoms with Crippen LogP contribution in [-0.4, -0.2) is 54.3 Å². The Bertz CT molecular complexity index is 607. The Morgan fingerprint density at radius 2 is 2.22 bits per heavy atom. The monoisotopic (exact) mass is 319 g/mol. The molecule has 1 heterocycles. The number of carbonyl (C=O) groups is 2. The minimum atomic E-state index is -1.06. The predicted octanol–water partition coefficient (Wildman–Crippen LogP) is 1.96. The first kappa shape index (κ1) is 17.0. The summed E-state index contributed by atoms with van der Waals surface area (Å²) >= 11 is 0. The van der Waals surface area contributed by atoms with E-state index in [1.54, 1.807) is 24.3 Å². The number of hydrogen-bond acceptors (Lipinski definition) is 4. The fourth-order valence-electron chi connectivity index (χ4n) is 2.24. The van der Waals surface area contributed by atoms with Gasteiger partial charge in [-0.15, -0.1) is 0 Å². The summed E-state index contributed by atoms with van der Waals surface area (Å²) in [5.74, 6) is -0.809. The van der Waals surface area contributed by atoms with E-state index in [2.05, 4.69) is 0 Å². The minimum Gasteiger partial charge on any atom is -0.490 e. The molecule has 23 heavy (non-hydrogen) atoms. The van der Waals surface area contributed by atoms with E-state index in [4.69, 9.17) is 9.47 Å². The molecule has 1 fully saturated rings. The molecule has 0 radical (unpaired) electrons. The smallest absolute Gasteiger partial charge is 0.328 e. The standard InChI is InChI=1S/C17H21NO5/c1-12(2)6-8-23-14-5-3-4-13(10-14)16(19)18-7-9-22-11-15(18)17(20)21/h3-6,10,15H,7-9,11H2,1-2H3,(H,20,21). The normalized spacial score (nSPS) is 17.5. The summed E-state index contributed by atoms with van der Waals surface area (Å²) in [5.41, 5.74) is 1.56. The summed E-state index contributed by atoms with van der Waals surface area (Å²) in [4.78, 5) is 25.2. The first-order chi connectivity index (χ1) is 11.0. The van der Waals surface area contributed by atoms with Crippen LogP contribution in [0.15, 0.2) is 35.9 Å². The van der Waals surface area contributed by atoms with E-state index in [0.29, 0.717) is 24.5 Å². The molecular formula is C17H21NO5. The highest BCUT2D eigenvalue weighted by Crippen LogP contribution is 2.18. The van der Waals surface area contributed by atoms with Gasteiger partial charge in [-0.05, 0) is 38.1 Å². The summed E-state index contributed by atoms with van der Waals surface area (Å²) in [6.07, 6.45) is 1.94. The van der Waals surface area contributed by atoms with Crippen LogP contribution < -0.4 is 4.74 Å². The summed E-state index contributed by atoms with van der Waals surface area (Å²) in [6.45, 7) is 5.00. The summed E-state index contributed by atoms with van der Waals surface area (Å²) in [5, 5.41) is 9.22. The molecule has 1 aliphatic heterocycles. The van der Waals surface area contributed by atoms with Crippen LogP contribution in [0.5, 0.6) is 5.75 Å². The van der Waals surface area contributed by atoms with Gasteiger partial charge in [0.2, 0.25) is 0 Å². The summed E-state index contributed by atoms with van der Waals surface area (Å²) < 4.78 is 10.7. The number of ether oxygens (including phenoxy) is 2. The second-order valence-electron chi connectivity index (χ2n) is 5.55. The van der Waals surface area contributed by atoms with Gasteiger partial charge in [0.05, 0.1) is 13.2 Å². The Kier molecular flexibility index (Phi) is 5.76. The number of morpholine rings is 1. The van der Waals surface area contributed by atoms with Crippen LogP contribution >= 0.6 is 0 Å². The molecule has 1 amide bonds. The van der Waals surface area contributed by atoms with Gasteiger partial charge in [0.25, 0.3) is 5.91 Å². The van der Waals surface area contributed by atoms with Crippen molar-refractivity contribution in [3.8, 4) is 5.75 Å². The van der Waals surface area contributed by atoms with E-state index in [-0.39, 0.29) is 19.1 Å². The van der Waals surface area contributed by atoms with Crippen molar-refractivity contribution in [2.45, 2.75) is 19.9 Å². The molecule has 1 N–H and O–H groups in total. The van der Waals surface area contributed by atoms with Gasteiger partial charge >= 0.3 is 5.97 Å². The lowest BCUT2D eigenvalue weighted by molar-refractivity contribution is -0.147. The molecule has 1 aromatic carbocycles. The minimum absolute atomic E-state index is 0.0117. The zero-order chi connectivity index (χ0) is 16.8. The largest absolute Gasteiger partial charge is 0.490 e. The highest BCUT2D eigenvalue weighted by atomic mass is 16.5. The third-order valence-corrected chi connectivity index (χ3v) is 3.50. The predicted molar refractivity (Wildman–Crippen MR) is 84.6 cm³/mol. The Morgan fingerprint density at radius 1 is 1.43 bits per heavy atom. The van der Waals surface area contributed by atoms with Gasteiger partial charge in [-0.2, -0.15) is 0 Å². The third kappa shape index (κ3) is 4.56. The summed E-state index contributed by atoms with van der Waals surface area (Å²) in [6, 6.07) is 5.83. The van der Waals surface area contributed by atoms with E-state index in [1.807, 2.05) is 19.9 Å².